The number of hydrogen-bond donors (Lipinski definition) is 0. The minimum absolute atomic E-state index is 0.0357. The van der Waals surface area contributed by atoms with Gasteiger partial charge in [0, 0.05) is 19.4 Å². The van der Waals surface area contributed by atoms with E-state index < -0.39 is 6.10 Å². The molecule has 0 aliphatic rings. The summed E-state index contributed by atoms with van der Waals surface area (Å²) in [5.41, 5.74) is 0. The molecule has 64 heavy (non-hydrogen) atoms. The number of unbranched alkanes of at least 4 members (excludes halogenated alkanes) is 18. The molecule has 0 heterocycles. The van der Waals surface area contributed by atoms with Crippen molar-refractivity contribution in [2.75, 3.05) is 19.8 Å². The van der Waals surface area contributed by atoms with E-state index in [4.69, 9.17) is 14.2 Å². The summed E-state index contributed by atoms with van der Waals surface area (Å²) < 4.78 is 17.3. The van der Waals surface area contributed by atoms with Gasteiger partial charge in [0.05, 0.1) is 6.61 Å². The third kappa shape index (κ3) is 51.2. The summed E-state index contributed by atoms with van der Waals surface area (Å²) in [4.78, 5) is 25.4. The number of hydrogen-bond acceptors (Lipinski definition) is 5. The molecule has 0 aliphatic heterocycles. The maximum atomic E-state index is 12.8. The van der Waals surface area contributed by atoms with E-state index in [2.05, 4.69) is 124 Å². The fourth-order valence-electron chi connectivity index (χ4n) is 6.96. The van der Waals surface area contributed by atoms with E-state index in [-0.39, 0.29) is 25.2 Å². The minimum atomic E-state index is -0.578. The second-order valence-corrected chi connectivity index (χ2v) is 17.0. The minimum Gasteiger partial charge on any atom is -0.462 e. The van der Waals surface area contributed by atoms with Crippen LogP contribution in [0.5, 0.6) is 0 Å². The van der Waals surface area contributed by atoms with Crippen molar-refractivity contribution in [3.63, 3.8) is 0 Å². The van der Waals surface area contributed by atoms with Gasteiger partial charge in [-0.3, -0.25) is 9.59 Å². The van der Waals surface area contributed by atoms with Crippen LogP contribution in [-0.4, -0.2) is 37.9 Å². The zero-order chi connectivity index (χ0) is 46.3. The van der Waals surface area contributed by atoms with Crippen molar-refractivity contribution in [3.05, 3.63) is 109 Å². The molecule has 5 heteroatoms. The Morgan fingerprint density at radius 1 is 0.359 bits per heavy atom. The predicted molar refractivity (Wildman–Crippen MR) is 279 cm³/mol. The molecule has 0 rings (SSSR count). The molecule has 1 atom stereocenters. The van der Waals surface area contributed by atoms with Crippen molar-refractivity contribution in [2.24, 2.45) is 0 Å². The maximum Gasteiger partial charge on any atom is 0.306 e. The Kier molecular flexibility index (Phi) is 51.0. The average molecular weight is 887 g/mol. The molecule has 364 valence electrons. The largest absolute Gasteiger partial charge is 0.462 e. The number of rotatable bonds is 47. The van der Waals surface area contributed by atoms with Crippen LogP contribution in [0.15, 0.2) is 109 Å². The molecule has 5 nitrogen and oxygen atoms in total. The number of carbonyl (C=O) groups excluding carboxylic acids is 2. The van der Waals surface area contributed by atoms with E-state index in [0.29, 0.717) is 25.9 Å². The molecular formula is C59H98O5. The van der Waals surface area contributed by atoms with Crippen molar-refractivity contribution in [3.8, 4) is 0 Å². The van der Waals surface area contributed by atoms with Gasteiger partial charge in [-0.25, -0.2) is 0 Å². The van der Waals surface area contributed by atoms with Gasteiger partial charge in [-0.1, -0.05) is 233 Å². The quantitative estimate of drug-likeness (QED) is 0.0346. The highest BCUT2D eigenvalue weighted by molar-refractivity contribution is 5.70. The van der Waals surface area contributed by atoms with Crippen LogP contribution >= 0.6 is 0 Å². The summed E-state index contributed by atoms with van der Waals surface area (Å²) in [5.74, 6) is -0.503. The highest BCUT2D eigenvalue weighted by Gasteiger charge is 2.17. The zero-order valence-electron chi connectivity index (χ0n) is 41.8. The Morgan fingerprint density at radius 2 is 0.734 bits per heavy atom. The Balaban J connectivity index is 4.41. The molecule has 0 aromatic carbocycles. The third-order valence-electron chi connectivity index (χ3n) is 10.8. The normalized spacial score (nSPS) is 13.1. The first kappa shape index (κ1) is 60.6. The monoisotopic (exact) mass is 887 g/mol. The molecule has 0 fully saturated rings. The van der Waals surface area contributed by atoms with Crippen LogP contribution in [-0.2, 0) is 23.8 Å². The van der Waals surface area contributed by atoms with Crippen LogP contribution in [0.4, 0.5) is 0 Å². The Hall–Kier alpha value is -3.44. The lowest BCUT2D eigenvalue weighted by atomic mass is 10.0. The SMILES string of the molecule is CC/C=C\C/C=C\C/C=C\C/C=C\C/C=C\C/C=C\CCC(=O)OCC(COCCCCCCCC/C=C\C/C=C\C/C=C\CC)OC(=O)CCCCCCCCCCCCCCC. The Labute approximate surface area is 395 Å². The first-order valence-corrected chi connectivity index (χ1v) is 26.4. The van der Waals surface area contributed by atoms with Crippen LogP contribution in [0.2, 0.25) is 0 Å². The van der Waals surface area contributed by atoms with Crippen LogP contribution in [0.1, 0.15) is 226 Å². The fourth-order valence-corrected chi connectivity index (χ4v) is 6.96. The number of ether oxygens (including phenoxy) is 3. The summed E-state index contributed by atoms with van der Waals surface area (Å²) in [6.45, 7) is 7.50. The van der Waals surface area contributed by atoms with Gasteiger partial charge in [0.25, 0.3) is 0 Å². The molecule has 0 spiro atoms. The summed E-state index contributed by atoms with van der Waals surface area (Å²) in [6, 6.07) is 0. The molecule has 0 aromatic heterocycles. The molecule has 0 saturated carbocycles. The molecule has 0 N–H and O–H groups in total. The summed E-state index contributed by atoms with van der Waals surface area (Å²) in [7, 11) is 0. The molecular weight excluding hydrogens is 789 g/mol. The van der Waals surface area contributed by atoms with E-state index in [1.807, 2.05) is 6.08 Å². The molecule has 0 aromatic rings. The van der Waals surface area contributed by atoms with Crippen LogP contribution < -0.4 is 0 Å². The van der Waals surface area contributed by atoms with Crippen LogP contribution in [0, 0.1) is 0 Å². The van der Waals surface area contributed by atoms with Crippen molar-refractivity contribution in [1.29, 1.82) is 0 Å². The molecule has 0 aliphatic carbocycles. The number of esters is 2. The average Bonchev–Trinajstić information content (AvgIpc) is 3.30. The number of carbonyl (C=O) groups is 2. The van der Waals surface area contributed by atoms with Gasteiger partial charge in [-0.15, -0.1) is 0 Å². The summed E-state index contributed by atoms with van der Waals surface area (Å²) in [6.07, 6.45) is 73.9. The van der Waals surface area contributed by atoms with Crippen molar-refractivity contribution in [2.45, 2.75) is 232 Å². The molecule has 1 unspecified atom stereocenters. The maximum absolute atomic E-state index is 12.8. The van der Waals surface area contributed by atoms with E-state index in [1.165, 1.54) is 89.9 Å². The van der Waals surface area contributed by atoms with Gasteiger partial charge in [0.1, 0.15) is 6.61 Å². The first-order valence-electron chi connectivity index (χ1n) is 26.4. The van der Waals surface area contributed by atoms with Gasteiger partial charge in [0.15, 0.2) is 6.10 Å². The lowest BCUT2D eigenvalue weighted by Crippen LogP contribution is -2.30. The fraction of sp³-hybridized carbons (Fsp3) is 0.661. The van der Waals surface area contributed by atoms with Gasteiger partial charge in [0.2, 0.25) is 0 Å². The Morgan fingerprint density at radius 3 is 1.19 bits per heavy atom. The van der Waals surface area contributed by atoms with Crippen molar-refractivity contribution in [1.82, 2.24) is 0 Å². The van der Waals surface area contributed by atoms with Crippen molar-refractivity contribution >= 4 is 11.9 Å². The van der Waals surface area contributed by atoms with Crippen LogP contribution in [0.25, 0.3) is 0 Å². The highest BCUT2D eigenvalue weighted by atomic mass is 16.6. The Bertz CT molecular complexity index is 1280. The van der Waals surface area contributed by atoms with E-state index in [1.54, 1.807) is 0 Å². The van der Waals surface area contributed by atoms with Crippen molar-refractivity contribution < 1.29 is 23.8 Å². The lowest BCUT2D eigenvalue weighted by Gasteiger charge is -2.18. The smallest absolute Gasteiger partial charge is 0.306 e. The van der Waals surface area contributed by atoms with E-state index in [9.17, 15) is 9.59 Å². The van der Waals surface area contributed by atoms with Gasteiger partial charge >= 0.3 is 11.9 Å². The summed E-state index contributed by atoms with van der Waals surface area (Å²) in [5, 5.41) is 0. The molecule has 0 amide bonds. The second-order valence-electron chi connectivity index (χ2n) is 17.0. The number of allylic oxidation sites excluding steroid dienone is 18. The molecule has 0 radical (unpaired) electrons. The standard InChI is InChI=1S/C59H98O5/c1-4-7-10-13-16-19-22-25-27-29-30-31-32-35-37-40-43-46-49-52-58(60)63-56-57(64-59(61)53-50-47-44-41-38-34-24-21-18-15-12-9-6-3)55-62-54-51-48-45-42-39-36-33-28-26-23-20-17-14-11-8-5-2/h7-8,10-11,16-17,19-20,25-28,30-31,35,37,43,46,57H,4-6,9,12-15,18,21-24,29,32-34,36,38-42,44-45,47-56H2,1-3H3/b10-7-,11-8-,19-16-,20-17-,27-25-,28-26-,31-30-,37-35-,46-43-. The summed E-state index contributed by atoms with van der Waals surface area (Å²) >= 11 is 0. The van der Waals surface area contributed by atoms with E-state index >= 15 is 0 Å². The van der Waals surface area contributed by atoms with Gasteiger partial charge in [-0.2, -0.15) is 0 Å². The van der Waals surface area contributed by atoms with Gasteiger partial charge in [-0.05, 0) is 89.9 Å². The van der Waals surface area contributed by atoms with E-state index in [0.717, 1.165) is 96.3 Å². The highest BCUT2D eigenvalue weighted by Crippen LogP contribution is 2.14. The van der Waals surface area contributed by atoms with Crippen LogP contribution in [0.3, 0.4) is 0 Å². The molecule has 0 saturated heterocycles. The molecule has 0 bridgehead atoms. The predicted octanol–water partition coefficient (Wildman–Crippen LogP) is 18.0. The first-order chi connectivity index (χ1) is 31.6. The topological polar surface area (TPSA) is 61.8 Å². The second kappa shape index (κ2) is 53.9. The lowest BCUT2D eigenvalue weighted by molar-refractivity contribution is -0.162. The zero-order valence-corrected chi connectivity index (χ0v) is 41.8. The third-order valence-corrected chi connectivity index (χ3v) is 10.8. The van der Waals surface area contributed by atoms with Gasteiger partial charge < -0.3 is 14.2 Å².